The molecule has 128 valence electrons. The maximum Gasteiger partial charge on any atom is 0.261 e. The van der Waals surface area contributed by atoms with Gasteiger partial charge in [0.2, 0.25) is 0 Å². The van der Waals surface area contributed by atoms with E-state index in [4.69, 9.17) is 16.3 Å². The lowest BCUT2D eigenvalue weighted by Gasteiger charge is -2.23. The van der Waals surface area contributed by atoms with Crippen LogP contribution in [-0.4, -0.2) is 12.0 Å². The van der Waals surface area contributed by atoms with E-state index in [9.17, 15) is 4.79 Å². The summed E-state index contributed by atoms with van der Waals surface area (Å²) in [6.07, 6.45) is 0.279. The Morgan fingerprint density at radius 2 is 1.79 bits per heavy atom. The lowest BCUT2D eigenvalue weighted by atomic mass is 9.97. The van der Waals surface area contributed by atoms with Gasteiger partial charge in [-0.25, -0.2) is 0 Å². The molecular weight excluding hydrogens is 322 g/mol. The van der Waals surface area contributed by atoms with E-state index in [1.54, 1.807) is 31.2 Å². The predicted molar refractivity (Wildman–Crippen MR) is 98.3 cm³/mol. The van der Waals surface area contributed by atoms with E-state index in [1.165, 1.54) is 0 Å². The Labute approximate surface area is 149 Å². The summed E-state index contributed by atoms with van der Waals surface area (Å²) < 4.78 is 5.70. The van der Waals surface area contributed by atoms with Gasteiger partial charge in [0.1, 0.15) is 5.75 Å². The molecule has 0 aliphatic heterocycles. The van der Waals surface area contributed by atoms with Crippen molar-refractivity contribution in [3.8, 4) is 5.75 Å². The fourth-order valence-corrected chi connectivity index (χ4v) is 2.70. The minimum absolute atomic E-state index is 0.0240. The van der Waals surface area contributed by atoms with Crippen molar-refractivity contribution in [2.75, 3.05) is 0 Å². The first kappa shape index (κ1) is 18.3. The summed E-state index contributed by atoms with van der Waals surface area (Å²) in [6, 6.07) is 17.1. The summed E-state index contributed by atoms with van der Waals surface area (Å²) in [6.45, 7) is 6.04. The zero-order valence-electron chi connectivity index (χ0n) is 14.3. The van der Waals surface area contributed by atoms with Gasteiger partial charge in [0.05, 0.1) is 6.04 Å². The summed E-state index contributed by atoms with van der Waals surface area (Å²) in [5.41, 5.74) is 1.11. The van der Waals surface area contributed by atoms with Crippen LogP contribution in [0.15, 0.2) is 54.6 Å². The third-order valence-corrected chi connectivity index (χ3v) is 3.94. The molecule has 2 aromatic rings. The first-order valence-corrected chi connectivity index (χ1v) is 8.61. The Morgan fingerprint density at radius 3 is 2.42 bits per heavy atom. The highest BCUT2D eigenvalue weighted by molar-refractivity contribution is 6.30. The molecule has 2 rings (SSSR count). The molecule has 0 aliphatic rings. The minimum Gasteiger partial charge on any atom is -0.481 e. The second kappa shape index (κ2) is 8.74. The number of hydrogen-bond donors (Lipinski definition) is 1. The third kappa shape index (κ3) is 5.57. The number of halogens is 1. The van der Waals surface area contributed by atoms with Crippen molar-refractivity contribution in [2.45, 2.75) is 39.3 Å². The van der Waals surface area contributed by atoms with Crippen LogP contribution in [0.1, 0.15) is 38.8 Å². The summed E-state index contributed by atoms with van der Waals surface area (Å²) in [4.78, 5) is 12.5. The summed E-state index contributed by atoms with van der Waals surface area (Å²) >= 11 is 5.95. The molecule has 0 aromatic heterocycles. The molecule has 0 aliphatic carbocycles. The summed E-state index contributed by atoms with van der Waals surface area (Å²) in [5.74, 6) is 0.925. The van der Waals surface area contributed by atoms with Gasteiger partial charge in [0.15, 0.2) is 6.10 Å². The van der Waals surface area contributed by atoms with Crippen LogP contribution in [0.3, 0.4) is 0 Å². The Morgan fingerprint density at radius 1 is 1.08 bits per heavy atom. The van der Waals surface area contributed by atoms with Gasteiger partial charge in [-0.1, -0.05) is 61.8 Å². The van der Waals surface area contributed by atoms with E-state index in [0.29, 0.717) is 16.7 Å². The predicted octanol–water partition coefficient (Wildman–Crippen LogP) is 5.01. The van der Waals surface area contributed by atoms with Crippen LogP contribution in [-0.2, 0) is 4.79 Å². The molecule has 0 heterocycles. The number of benzene rings is 2. The molecule has 0 fully saturated rings. The molecule has 0 unspecified atom stereocenters. The maximum absolute atomic E-state index is 12.5. The SMILES string of the molecule is CC(C)C[C@H](NC(=O)[C@H](C)Oc1cccc(Cl)c1)c1ccccc1. The quantitative estimate of drug-likeness (QED) is 0.765. The van der Waals surface area contributed by atoms with E-state index in [2.05, 4.69) is 19.2 Å². The molecule has 0 spiro atoms. The van der Waals surface area contributed by atoms with E-state index in [0.717, 1.165) is 12.0 Å². The molecule has 0 saturated carbocycles. The van der Waals surface area contributed by atoms with E-state index < -0.39 is 6.10 Å². The van der Waals surface area contributed by atoms with Crippen LogP contribution in [0.25, 0.3) is 0 Å². The van der Waals surface area contributed by atoms with Crippen molar-refractivity contribution >= 4 is 17.5 Å². The molecule has 2 aromatic carbocycles. The number of amides is 1. The van der Waals surface area contributed by atoms with Crippen molar-refractivity contribution in [2.24, 2.45) is 5.92 Å². The topological polar surface area (TPSA) is 38.3 Å². The number of hydrogen-bond acceptors (Lipinski definition) is 2. The number of carbonyl (C=O) groups is 1. The van der Waals surface area contributed by atoms with Crippen molar-refractivity contribution in [3.63, 3.8) is 0 Å². The average Bonchev–Trinajstić information content (AvgIpc) is 2.54. The lowest BCUT2D eigenvalue weighted by Crippen LogP contribution is -2.39. The monoisotopic (exact) mass is 345 g/mol. The smallest absolute Gasteiger partial charge is 0.261 e. The number of ether oxygens (including phenoxy) is 1. The molecule has 2 atom stereocenters. The molecule has 0 radical (unpaired) electrons. The molecule has 4 heteroatoms. The van der Waals surface area contributed by atoms with Crippen LogP contribution in [0.2, 0.25) is 5.02 Å². The second-order valence-corrected chi connectivity index (χ2v) is 6.76. The summed E-state index contributed by atoms with van der Waals surface area (Å²) in [5, 5.41) is 3.69. The maximum atomic E-state index is 12.5. The van der Waals surface area contributed by atoms with Gasteiger partial charge in [-0.3, -0.25) is 4.79 Å². The molecule has 1 amide bonds. The molecule has 24 heavy (non-hydrogen) atoms. The van der Waals surface area contributed by atoms with E-state index >= 15 is 0 Å². The van der Waals surface area contributed by atoms with Gasteiger partial charge in [-0.05, 0) is 43.0 Å². The fourth-order valence-electron chi connectivity index (χ4n) is 2.52. The van der Waals surface area contributed by atoms with E-state index in [-0.39, 0.29) is 11.9 Å². The molecule has 0 bridgehead atoms. The van der Waals surface area contributed by atoms with Crippen LogP contribution < -0.4 is 10.1 Å². The van der Waals surface area contributed by atoms with Crippen LogP contribution in [0.4, 0.5) is 0 Å². The Bertz CT molecular complexity index is 658. The van der Waals surface area contributed by atoms with Crippen molar-refractivity contribution in [1.82, 2.24) is 5.32 Å². The van der Waals surface area contributed by atoms with Crippen molar-refractivity contribution < 1.29 is 9.53 Å². The van der Waals surface area contributed by atoms with Crippen LogP contribution >= 0.6 is 11.6 Å². The molecule has 3 nitrogen and oxygen atoms in total. The van der Waals surface area contributed by atoms with Gasteiger partial charge in [-0.15, -0.1) is 0 Å². The summed E-state index contributed by atoms with van der Waals surface area (Å²) in [7, 11) is 0. The van der Waals surface area contributed by atoms with Gasteiger partial charge >= 0.3 is 0 Å². The van der Waals surface area contributed by atoms with Gasteiger partial charge in [-0.2, -0.15) is 0 Å². The first-order chi connectivity index (χ1) is 11.5. The highest BCUT2D eigenvalue weighted by Gasteiger charge is 2.21. The van der Waals surface area contributed by atoms with Gasteiger partial charge in [0.25, 0.3) is 5.91 Å². The van der Waals surface area contributed by atoms with Crippen molar-refractivity contribution in [3.05, 3.63) is 65.2 Å². The largest absolute Gasteiger partial charge is 0.481 e. The average molecular weight is 346 g/mol. The van der Waals surface area contributed by atoms with E-state index in [1.807, 2.05) is 30.3 Å². The molecular formula is C20H24ClNO2. The third-order valence-electron chi connectivity index (χ3n) is 3.70. The number of nitrogens with one attached hydrogen (secondary N) is 1. The van der Waals surface area contributed by atoms with Crippen LogP contribution in [0.5, 0.6) is 5.75 Å². The normalized spacial score (nSPS) is 13.4. The minimum atomic E-state index is -0.596. The standard InChI is InChI=1S/C20H24ClNO2/c1-14(2)12-19(16-8-5-4-6-9-16)22-20(23)15(3)24-18-11-7-10-17(21)13-18/h4-11,13-15,19H,12H2,1-3H3,(H,22,23)/t15-,19-/m0/s1. The highest BCUT2D eigenvalue weighted by Crippen LogP contribution is 2.22. The Kier molecular flexibility index (Phi) is 6.68. The van der Waals surface area contributed by atoms with Crippen LogP contribution in [0, 0.1) is 5.92 Å². The van der Waals surface area contributed by atoms with Gasteiger partial charge in [0, 0.05) is 5.02 Å². The second-order valence-electron chi connectivity index (χ2n) is 6.32. The molecule has 1 N–H and O–H groups in total. The first-order valence-electron chi connectivity index (χ1n) is 8.23. The zero-order valence-corrected chi connectivity index (χ0v) is 15.1. The number of rotatable bonds is 7. The fraction of sp³-hybridized carbons (Fsp3) is 0.350. The van der Waals surface area contributed by atoms with Gasteiger partial charge < -0.3 is 10.1 Å². The lowest BCUT2D eigenvalue weighted by molar-refractivity contribution is -0.128. The number of carbonyl (C=O) groups excluding carboxylic acids is 1. The van der Waals surface area contributed by atoms with Crippen molar-refractivity contribution in [1.29, 1.82) is 0 Å². The Balaban J connectivity index is 2.03. The zero-order chi connectivity index (χ0) is 17.5. The highest BCUT2D eigenvalue weighted by atomic mass is 35.5. The Hall–Kier alpha value is -2.00. The molecule has 0 saturated heterocycles.